The zero-order valence-electron chi connectivity index (χ0n) is 15.8. The van der Waals surface area contributed by atoms with Crippen LogP contribution in [0.5, 0.6) is 5.75 Å². The molecular weight excluding hydrogens is 354 g/mol. The van der Waals surface area contributed by atoms with E-state index in [9.17, 15) is 9.59 Å². The number of para-hydroxylation sites is 1. The van der Waals surface area contributed by atoms with Gasteiger partial charge in [-0.15, -0.1) is 0 Å². The second kappa shape index (κ2) is 8.42. The molecule has 0 spiro atoms. The number of piperidine rings is 1. The summed E-state index contributed by atoms with van der Waals surface area (Å²) in [4.78, 5) is 30.8. The number of nitrogens with zero attached hydrogens (tertiary/aromatic N) is 2. The molecule has 0 saturated carbocycles. The molecule has 2 aliphatic rings. The molecule has 2 aromatic rings. The Labute approximate surface area is 164 Å². The lowest BCUT2D eigenvalue weighted by atomic mass is 9.94. The minimum atomic E-state index is -0.0294. The van der Waals surface area contributed by atoms with E-state index < -0.39 is 0 Å². The zero-order valence-corrected chi connectivity index (χ0v) is 15.8. The molecule has 2 amide bonds. The predicted octanol–water partition coefficient (Wildman–Crippen LogP) is 2.30. The lowest BCUT2D eigenvalue weighted by Crippen LogP contribution is -2.44. The lowest BCUT2D eigenvalue weighted by Gasteiger charge is -2.32. The fraction of sp³-hybridized carbons (Fsp3) is 0.409. The molecule has 1 atom stereocenters. The molecule has 0 radical (unpaired) electrons. The van der Waals surface area contributed by atoms with Gasteiger partial charge >= 0.3 is 0 Å². The summed E-state index contributed by atoms with van der Waals surface area (Å²) in [7, 11) is 0. The number of fused-ring (bicyclic) bond motifs is 1. The van der Waals surface area contributed by atoms with E-state index in [4.69, 9.17) is 4.74 Å². The number of rotatable bonds is 4. The molecular formula is C22H25N3O3. The van der Waals surface area contributed by atoms with Crippen LogP contribution in [0.2, 0.25) is 0 Å². The maximum atomic E-state index is 12.6. The van der Waals surface area contributed by atoms with Gasteiger partial charge in [-0.2, -0.15) is 0 Å². The first-order valence-electron chi connectivity index (χ1n) is 9.88. The molecule has 0 unspecified atom stereocenters. The Morgan fingerprint density at radius 1 is 1.11 bits per heavy atom. The van der Waals surface area contributed by atoms with Crippen LogP contribution in [-0.2, 0) is 11.2 Å². The Morgan fingerprint density at radius 3 is 2.64 bits per heavy atom. The van der Waals surface area contributed by atoms with Crippen molar-refractivity contribution in [2.24, 2.45) is 11.8 Å². The van der Waals surface area contributed by atoms with Gasteiger partial charge in [0.25, 0.3) is 5.91 Å². The molecule has 3 heterocycles. The second-order valence-electron chi connectivity index (χ2n) is 7.54. The highest BCUT2D eigenvalue weighted by molar-refractivity contribution is 5.94. The van der Waals surface area contributed by atoms with Crippen LogP contribution in [0.15, 0.2) is 48.8 Å². The summed E-state index contributed by atoms with van der Waals surface area (Å²) < 4.78 is 5.80. The number of pyridine rings is 1. The van der Waals surface area contributed by atoms with Gasteiger partial charge in [0.15, 0.2) is 0 Å². The van der Waals surface area contributed by atoms with Crippen molar-refractivity contribution in [3.63, 3.8) is 0 Å². The van der Waals surface area contributed by atoms with Gasteiger partial charge in [0.05, 0.1) is 6.61 Å². The highest BCUT2D eigenvalue weighted by atomic mass is 16.5. The minimum Gasteiger partial charge on any atom is -0.493 e. The fourth-order valence-corrected chi connectivity index (χ4v) is 3.93. The number of ether oxygens (including phenoxy) is 1. The Hall–Kier alpha value is -2.89. The third-order valence-electron chi connectivity index (χ3n) is 5.60. The summed E-state index contributed by atoms with van der Waals surface area (Å²) in [5, 5.41) is 3.10. The Morgan fingerprint density at radius 2 is 1.86 bits per heavy atom. The van der Waals surface area contributed by atoms with Crippen molar-refractivity contribution in [3.8, 4) is 5.75 Å². The van der Waals surface area contributed by atoms with Crippen molar-refractivity contribution in [1.82, 2.24) is 15.2 Å². The van der Waals surface area contributed by atoms with Gasteiger partial charge in [-0.3, -0.25) is 14.6 Å². The molecule has 1 fully saturated rings. The number of hydrogen-bond acceptors (Lipinski definition) is 4. The van der Waals surface area contributed by atoms with Gasteiger partial charge in [0.1, 0.15) is 5.75 Å². The van der Waals surface area contributed by atoms with Gasteiger partial charge in [-0.1, -0.05) is 18.2 Å². The van der Waals surface area contributed by atoms with E-state index in [0.717, 1.165) is 12.2 Å². The normalized spacial score (nSPS) is 19.4. The topological polar surface area (TPSA) is 71.5 Å². The second-order valence-corrected chi connectivity index (χ2v) is 7.54. The number of carbonyl (C=O) groups is 2. The van der Waals surface area contributed by atoms with Crippen LogP contribution in [0, 0.1) is 11.8 Å². The Kier molecular flexibility index (Phi) is 5.55. The maximum Gasteiger partial charge on any atom is 0.253 e. The Bertz CT molecular complexity index is 832. The smallest absolute Gasteiger partial charge is 0.253 e. The van der Waals surface area contributed by atoms with Crippen LogP contribution in [-0.4, -0.2) is 47.9 Å². The predicted molar refractivity (Wildman–Crippen MR) is 105 cm³/mol. The zero-order chi connectivity index (χ0) is 19.3. The summed E-state index contributed by atoms with van der Waals surface area (Å²) >= 11 is 0. The molecule has 28 heavy (non-hydrogen) atoms. The number of aromatic nitrogens is 1. The van der Waals surface area contributed by atoms with Gasteiger partial charge in [0, 0.05) is 49.4 Å². The third kappa shape index (κ3) is 4.16. The molecule has 4 rings (SSSR count). The van der Waals surface area contributed by atoms with Crippen LogP contribution < -0.4 is 10.1 Å². The van der Waals surface area contributed by atoms with Gasteiger partial charge in [-0.25, -0.2) is 0 Å². The van der Waals surface area contributed by atoms with Gasteiger partial charge < -0.3 is 15.0 Å². The average Bonchev–Trinajstić information content (AvgIpc) is 2.77. The molecule has 1 N–H and O–H groups in total. The fourth-order valence-electron chi connectivity index (χ4n) is 3.93. The maximum absolute atomic E-state index is 12.6. The van der Waals surface area contributed by atoms with E-state index in [1.54, 1.807) is 24.5 Å². The average molecular weight is 379 g/mol. The number of benzene rings is 1. The molecule has 146 valence electrons. The van der Waals surface area contributed by atoms with Crippen LogP contribution in [0.1, 0.15) is 28.8 Å². The summed E-state index contributed by atoms with van der Waals surface area (Å²) in [6.45, 7) is 2.48. The molecule has 0 aliphatic carbocycles. The van der Waals surface area contributed by atoms with Crippen molar-refractivity contribution >= 4 is 11.8 Å². The van der Waals surface area contributed by atoms with E-state index >= 15 is 0 Å². The summed E-state index contributed by atoms with van der Waals surface area (Å²) in [6, 6.07) is 11.5. The van der Waals surface area contributed by atoms with E-state index in [-0.39, 0.29) is 17.7 Å². The highest BCUT2D eigenvalue weighted by Gasteiger charge is 2.28. The SMILES string of the molecule is O=C(NC[C@H]1COc2ccccc2C1)C1CCN(C(=O)c2ccncc2)CC1. The third-order valence-corrected chi connectivity index (χ3v) is 5.60. The number of likely N-dealkylation sites (tertiary alicyclic amines) is 1. The van der Waals surface area contributed by atoms with Crippen LogP contribution >= 0.6 is 0 Å². The van der Waals surface area contributed by atoms with E-state index in [0.29, 0.717) is 50.6 Å². The number of hydrogen-bond donors (Lipinski definition) is 1. The molecule has 6 nitrogen and oxygen atoms in total. The summed E-state index contributed by atoms with van der Waals surface area (Å²) in [5.74, 6) is 1.33. The number of amides is 2. The lowest BCUT2D eigenvalue weighted by molar-refractivity contribution is -0.126. The van der Waals surface area contributed by atoms with E-state index in [1.807, 2.05) is 23.1 Å². The highest BCUT2D eigenvalue weighted by Crippen LogP contribution is 2.26. The van der Waals surface area contributed by atoms with Gasteiger partial charge in [-0.05, 0) is 43.0 Å². The summed E-state index contributed by atoms with van der Waals surface area (Å²) in [5.41, 5.74) is 1.85. The van der Waals surface area contributed by atoms with Crippen LogP contribution in [0.3, 0.4) is 0 Å². The minimum absolute atomic E-state index is 0.0132. The molecule has 0 bridgehead atoms. The quantitative estimate of drug-likeness (QED) is 0.885. The first-order valence-corrected chi connectivity index (χ1v) is 9.88. The monoisotopic (exact) mass is 379 g/mol. The van der Waals surface area contributed by atoms with Crippen LogP contribution in [0.25, 0.3) is 0 Å². The molecule has 2 aliphatic heterocycles. The standard InChI is InChI=1S/C22H25N3O3/c26-21(24-14-16-13-19-3-1-2-4-20(19)28-15-16)17-7-11-25(12-8-17)22(27)18-5-9-23-10-6-18/h1-6,9-10,16-17H,7-8,11-15H2,(H,24,26)/t16-/m0/s1. The van der Waals surface area contributed by atoms with Crippen LogP contribution in [0.4, 0.5) is 0 Å². The number of carbonyl (C=O) groups excluding carboxylic acids is 2. The van der Waals surface area contributed by atoms with E-state index in [1.165, 1.54) is 5.56 Å². The van der Waals surface area contributed by atoms with Crippen molar-refractivity contribution < 1.29 is 14.3 Å². The molecule has 6 heteroatoms. The Balaban J connectivity index is 1.23. The first kappa shape index (κ1) is 18.5. The van der Waals surface area contributed by atoms with Crippen molar-refractivity contribution in [1.29, 1.82) is 0 Å². The van der Waals surface area contributed by atoms with Crippen molar-refractivity contribution in [2.75, 3.05) is 26.2 Å². The van der Waals surface area contributed by atoms with Gasteiger partial charge in [0.2, 0.25) is 5.91 Å². The summed E-state index contributed by atoms with van der Waals surface area (Å²) in [6.07, 6.45) is 5.58. The first-order chi connectivity index (χ1) is 13.7. The largest absolute Gasteiger partial charge is 0.493 e. The van der Waals surface area contributed by atoms with Crippen molar-refractivity contribution in [3.05, 3.63) is 59.9 Å². The molecule has 1 aromatic heterocycles. The number of nitrogens with one attached hydrogen (secondary N) is 1. The molecule has 1 aromatic carbocycles. The molecule has 1 saturated heterocycles. The van der Waals surface area contributed by atoms with E-state index in [2.05, 4.69) is 16.4 Å². The van der Waals surface area contributed by atoms with Crippen molar-refractivity contribution in [2.45, 2.75) is 19.3 Å².